The van der Waals surface area contributed by atoms with Crippen LogP contribution in [0.1, 0.15) is 12.5 Å². The number of carbonyl (C=O) groups excluding carboxylic acids is 1. The highest BCUT2D eigenvalue weighted by Crippen LogP contribution is 2.31. The smallest absolute Gasteiger partial charge is 0.302 e. The molecule has 19 heavy (non-hydrogen) atoms. The number of hydrogen-bond donors (Lipinski definition) is 1. The summed E-state index contributed by atoms with van der Waals surface area (Å²) in [5.74, 6) is 0.646. The number of phenols is 1. The fraction of sp³-hybridized carbons (Fsp3) is 0.133. The summed E-state index contributed by atoms with van der Waals surface area (Å²) in [5, 5.41) is 9.74. The van der Waals surface area contributed by atoms with Crippen LogP contribution in [-0.2, 0) is 16.1 Å². The molecule has 0 unspecified atom stereocenters. The first-order chi connectivity index (χ1) is 9.15. The zero-order chi connectivity index (χ0) is 13.7. The van der Waals surface area contributed by atoms with E-state index in [0.29, 0.717) is 11.5 Å². The van der Waals surface area contributed by atoms with Gasteiger partial charge in [-0.05, 0) is 29.8 Å². The Kier molecular flexibility index (Phi) is 4.03. The Morgan fingerprint density at radius 1 is 1.16 bits per heavy atom. The highest BCUT2D eigenvalue weighted by atomic mass is 16.5. The Hall–Kier alpha value is -2.49. The van der Waals surface area contributed by atoms with Gasteiger partial charge in [0.15, 0.2) is 11.5 Å². The van der Waals surface area contributed by atoms with Crippen LogP contribution in [0.15, 0.2) is 48.5 Å². The van der Waals surface area contributed by atoms with Gasteiger partial charge in [0.25, 0.3) is 0 Å². The van der Waals surface area contributed by atoms with E-state index in [0.717, 1.165) is 5.56 Å². The standard InChI is InChI=1S/C15H14O4/c1-11(16)18-10-12-7-8-14(17)15(9-12)19-13-5-3-2-4-6-13/h2-9,17H,10H2,1H3. The van der Waals surface area contributed by atoms with E-state index in [4.69, 9.17) is 9.47 Å². The van der Waals surface area contributed by atoms with E-state index in [1.807, 2.05) is 18.2 Å². The number of aromatic hydroxyl groups is 1. The van der Waals surface area contributed by atoms with Crippen molar-refractivity contribution in [1.82, 2.24) is 0 Å². The van der Waals surface area contributed by atoms with Crippen molar-refractivity contribution in [2.45, 2.75) is 13.5 Å². The lowest BCUT2D eigenvalue weighted by atomic mass is 10.2. The van der Waals surface area contributed by atoms with E-state index in [9.17, 15) is 9.90 Å². The minimum atomic E-state index is -0.349. The van der Waals surface area contributed by atoms with Gasteiger partial charge in [0.2, 0.25) is 0 Å². The zero-order valence-corrected chi connectivity index (χ0v) is 10.5. The molecule has 0 saturated carbocycles. The highest BCUT2D eigenvalue weighted by molar-refractivity contribution is 5.66. The van der Waals surface area contributed by atoms with Crippen molar-refractivity contribution in [3.05, 3.63) is 54.1 Å². The second-order valence-corrected chi connectivity index (χ2v) is 4.00. The predicted octanol–water partition coefficient (Wildman–Crippen LogP) is 3.25. The molecule has 0 bridgehead atoms. The van der Waals surface area contributed by atoms with Gasteiger partial charge >= 0.3 is 5.97 Å². The van der Waals surface area contributed by atoms with Gasteiger partial charge in [-0.25, -0.2) is 0 Å². The van der Waals surface area contributed by atoms with E-state index in [2.05, 4.69) is 0 Å². The molecule has 0 radical (unpaired) electrons. The lowest BCUT2D eigenvalue weighted by molar-refractivity contribution is -0.142. The van der Waals surface area contributed by atoms with E-state index in [1.54, 1.807) is 24.3 Å². The molecule has 0 saturated heterocycles. The first-order valence-electron chi connectivity index (χ1n) is 5.83. The molecule has 0 aliphatic heterocycles. The summed E-state index contributed by atoms with van der Waals surface area (Å²) in [6.45, 7) is 1.50. The van der Waals surface area contributed by atoms with Crippen LogP contribution in [0, 0.1) is 0 Å². The molecule has 0 amide bonds. The third-order valence-electron chi connectivity index (χ3n) is 2.44. The van der Waals surface area contributed by atoms with Crippen LogP contribution in [0.3, 0.4) is 0 Å². The van der Waals surface area contributed by atoms with Crippen molar-refractivity contribution in [2.75, 3.05) is 0 Å². The maximum Gasteiger partial charge on any atom is 0.302 e. The number of phenolic OH excluding ortho intramolecular Hbond substituents is 1. The minimum Gasteiger partial charge on any atom is -0.504 e. The number of benzene rings is 2. The summed E-state index contributed by atoms with van der Waals surface area (Å²) in [6, 6.07) is 14.0. The number of esters is 1. The van der Waals surface area contributed by atoms with Gasteiger partial charge in [-0.15, -0.1) is 0 Å². The van der Waals surface area contributed by atoms with E-state index in [1.165, 1.54) is 13.0 Å². The number of ether oxygens (including phenoxy) is 2. The molecule has 0 aliphatic carbocycles. The molecule has 4 heteroatoms. The molecule has 4 nitrogen and oxygen atoms in total. The molecule has 2 rings (SSSR count). The molecule has 0 fully saturated rings. The maximum absolute atomic E-state index is 10.8. The van der Waals surface area contributed by atoms with E-state index >= 15 is 0 Å². The largest absolute Gasteiger partial charge is 0.504 e. The van der Waals surface area contributed by atoms with Crippen molar-refractivity contribution in [3.63, 3.8) is 0 Å². The minimum absolute atomic E-state index is 0.0374. The first kappa shape index (κ1) is 13.0. The molecule has 0 atom stereocenters. The van der Waals surface area contributed by atoms with Crippen molar-refractivity contribution < 1.29 is 19.4 Å². The second kappa shape index (κ2) is 5.91. The molecule has 98 valence electrons. The van der Waals surface area contributed by atoms with E-state index < -0.39 is 0 Å². The predicted molar refractivity (Wildman–Crippen MR) is 70.1 cm³/mol. The number of para-hydroxylation sites is 1. The van der Waals surface area contributed by atoms with Gasteiger partial charge < -0.3 is 14.6 Å². The van der Waals surface area contributed by atoms with Gasteiger partial charge in [-0.3, -0.25) is 4.79 Å². The Morgan fingerprint density at radius 3 is 2.58 bits per heavy atom. The molecule has 0 aliphatic rings. The quantitative estimate of drug-likeness (QED) is 0.855. The fourth-order valence-electron chi connectivity index (χ4n) is 1.53. The van der Waals surface area contributed by atoms with Crippen molar-refractivity contribution in [1.29, 1.82) is 0 Å². The summed E-state index contributed by atoms with van der Waals surface area (Å²) in [6.07, 6.45) is 0. The Balaban J connectivity index is 2.15. The summed E-state index contributed by atoms with van der Waals surface area (Å²) in [7, 11) is 0. The molecule has 0 heterocycles. The van der Waals surface area contributed by atoms with Gasteiger partial charge in [0, 0.05) is 6.92 Å². The summed E-state index contributed by atoms with van der Waals surface area (Å²) in [4.78, 5) is 10.8. The number of hydrogen-bond acceptors (Lipinski definition) is 4. The number of carbonyl (C=O) groups is 1. The Bertz CT molecular complexity index is 564. The summed E-state index contributed by atoms with van der Waals surface area (Å²) >= 11 is 0. The molecule has 0 spiro atoms. The topological polar surface area (TPSA) is 55.8 Å². The van der Waals surface area contributed by atoms with Crippen LogP contribution < -0.4 is 4.74 Å². The zero-order valence-electron chi connectivity index (χ0n) is 10.5. The average molecular weight is 258 g/mol. The van der Waals surface area contributed by atoms with Crippen LogP contribution in [0.4, 0.5) is 0 Å². The normalized spacial score (nSPS) is 9.95. The monoisotopic (exact) mass is 258 g/mol. The third kappa shape index (κ3) is 3.74. The van der Waals surface area contributed by atoms with E-state index in [-0.39, 0.29) is 18.3 Å². The molecule has 2 aromatic carbocycles. The van der Waals surface area contributed by atoms with Gasteiger partial charge in [0.1, 0.15) is 12.4 Å². The summed E-state index contributed by atoms with van der Waals surface area (Å²) in [5.41, 5.74) is 0.749. The van der Waals surface area contributed by atoms with Gasteiger partial charge in [-0.2, -0.15) is 0 Å². The molecular formula is C15H14O4. The molecule has 0 aromatic heterocycles. The summed E-state index contributed by atoms with van der Waals surface area (Å²) < 4.78 is 10.5. The first-order valence-corrected chi connectivity index (χ1v) is 5.83. The van der Waals surface area contributed by atoms with Crippen LogP contribution >= 0.6 is 0 Å². The lowest BCUT2D eigenvalue weighted by Gasteiger charge is -2.09. The van der Waals surface area contributed by atoms with Crippen LogP contribution in [-0.4, -0.2) is 11.1 Å². The van der Waals surface area contributed by atoms with Crippen LogP contribution in [0.25, 0.3) is 0 Å². The molecular weight excluding hydrogens is 244 g/mol. The van der Waals surface area contributed by atoms with Gasteiger partial charge in [-0.1, -0.05) is 24.3 Å². The lowest BCUT2D eigenvalue weighted by Crippen LogP contribution is -1.98. The Morgan fingerprint density at radius 2 is 1.89 bits per heavy atom. The maximum atomic E-state index is 10.8. The van der Waals surface area contributed by atoms with Crippen molar-refractivity contribution in [3.8, 4) is 17.2 Å². The average Bonchev–Trinajstić information content (AvgIpc) is 2.41. The molecule has 1 N–H and O–H groups in total. The SMILES string of the molecule is CC(=O)OCc1ccc(O)c(Oc2ccccc2)c1. The van der Waals surface area contributed by atoms with Crippen molar-refractivity contribution in [2.24, 2.45) is 0 Å². The third-order valence-corrected chi connectivity index (χ3v) is 2.44. The number of rotatable bonds is 4. The highest BCUT2D eigenvalue weighted by Gasteiger charge is 2.06. The van der Waals surface area contributed by atoms with Crippen LogP contribution in [0.5, 0.6) is 17.2 Å². The Labute approximate surface area is 111 Å². The fourth-order valence-corrected chi connectivity index (χ4v) is 1.53. The second-order valence-electron chi connectivity index (χ2n) is 4.00. The van der Waals surface area contributed by atoms with Crippen LogP contribution in [0.2, 0.25) is 0 Å². The van der Waals surface area contributed by atoms with Crippen molar-refractivity contribution >= 4 is 5.97 Å². The molecule has 2 aromatic rings. The van der Waals surface area contributed by atoms with Gasteiger partial charge in [0.05, 0.1) is 0 Å².